The first-order chi connectivity index (χ1) is 7.95. The van der Waals surface area contributed by atoms with Crippen molar-refractivity contribution in [3.8, 4) is 5.75 Å². The average molecular weight is 256 g/mol. The van der Waals surface area contributed by atoms with Crippen LogP contribution in [0.5, 0.6) is 5.75 Å². The number of hydrogen-bond acceptors (Lipinski definition) is 4. The van der Waals surface area contributed by atoms with Gasteiger partial charge in [-0.25, -0.2) is 13.8 Å². The highest BCUT2D eigenvalue weighted by Gasteiger charge is 2.09. The zero-order valence-electron chi connectivity index (χ0n) is 9.86. The summed E-state index contributed by atoms with van der Waals surface area (Å²) in [4.78, 5) is 2.30. The van der Waals surface area contributed by atoms with Gasteiger partial charge in [0.25, 0.3) is 0 Å². The Balaban J connectivity index is 2.49. The number of allylic oxidation sites excluding steroid dienone is 1. The number of ether oxygens (including phenoxy) is 1. The summed E-state index contributed by atoms with van der Waals surface area (Å²) in [7, 11) is -1.87. The lowest BCUT2D eigenvalue weighted by molar-refractivity contribution is 0.414. The predicted octanol–water partition coefficient (Wildman–Crippen LogP) is 1.15. The summed E-state index contributed by atoms with van der Waals surface area (Å²) in [5.74, 6) is 0.760. The van der Waals surface area contributed by atoms with Crippen molar-refractivity contribution in [2.75, 3.05) is 7.11 Å². The van der Waals surface area contributed by atoms with Gasteiger partial charge in [-0.05, 0) is 24.6 Å². The second-order valence-electron chi connectivity index (χ2n) is 3.51. The lowest BCUT2D eigenvalue weighted by atomic mass is 10.2. The first-order valence-corrected chi connectivity index (χ1v) is 6.47. The monoisotopic (exact) mass is 256 g/mol. The van der Waals surface area contributed by atoms with Crippen LogP contribution < -0.4 is 15.0 Å². The second kappa shape index (κ2) is 5.81. The van der Waals surface area contributed by atoms with Crippen molar-refractivity contribution in [3.05, 3.63) is 41.3 Å². The summed E-state index contributed by atoms with van der Waals surface area (Å²) in [5.41, 5.74) is 3.56. The lowest BCUT2D eigenvalue weighted by Gasteiger charge is -2.08. The first-order valence-electron chi connectivity index (χ1n) is 4.99. The van der Waals surface area contributed by atoms with Crippen LogP contribution in [0.3, 0.4) is 0 Å². The van der Waals surface area contributed by atoms with Crippen molar-refractivity contribution in [3.63, 3.8) is 0 Å². The molecule has 0 saturated heterocycles. The normalized spacial score (nSPS) is 11.2. The van der Waals surface area contributed by atoms with E-state index < -0.39 is 10.0 Å². The van der Waals surface area contributed by atoms with E-state index in [9.17, 15) is 8.42 Å². The molecule has 0 aliphatic heterocycles. The van der Waals surface area contributed by atoms with Crippen LogP contribution in [-0.2, 0) is 16.6 Å². The molecule has 1 rings (SSSR count). The van der Waals surface area contributed by atoms with Crippen LogP contribution in [0, 0.1) is 0 Å². The molecule has 0 bridgehead atoms. The third-order valence-electron chi connectivity index (χ3n) is 2.12. The molecule has 5 nitrogen and oxygen atoms in total. The smallest absolute Gasteiger partial charge is 0.248 e. The van der Waals surface area contributed by atoms with Gasteiger partial charge in [-0.15, -0.1) is 4.83 Å². The molecule has 0 heterocycles. The molecule has 0 aliphatic rings. The van der Waals surface area contributed by atoms with E-state index in [1.807, 2.05) is 24.3 Å². The number of hydrogen-bond donors (Lipinski definition) is 2. The quantitative estimate of drug-likeness (QED) is 0.749. The minimum atomic E-state index is -3.46. The maximum atomic E-state index is 11.3. The van der Waals surface area contributed by atoms with Gasteiger partial charge in [0, 0.05) is 6.54 Å². The molecule has 17 heavy (non-hydrogen) atoms. The van der Waals surface area contributed by atoms with Gasteiger partial charge in [0.1, 0.15) is 5.75 Å². The van der Waals surface area contributed by atoms with Crippen LogP contribution >= 0.6 is 0 Å². The van der Waals surface area contributed by atoms with E-state index in [0.717, 1.165) is 11.3 Å². The highest BCUT2D eigenvalue weighted by atomic mass is 32.2. The molecule has 0 saturated carbocycles. The molecule has 94 valence electrons. The van der Waals surface area contributed by atoms with Gasteiger partial charge in [-0.2, -0.15) is 0 Å². The Bertz CT molecular complexity index is 480. The van der Waals surface area contributed by atoms with Crippen LogP contribution in [0.4, 0.5) is 0 Å². The number of methoxy groups -OCH3 is 1. The maximum absolute atomic E-state index is 11.3. The molecule has 2 N–H and O–H groups in total. The number of rotatable bonds is 6. The molecule has 6 heteroatoms. The highest BCUT2D eigenvalue weighted by Crippen LogP contribution is 2.10. The first kappa shape index (κ1) is 13.7. The second-order valence-corrected chi connectivity index (χ2v) is 5.42. The van der Waals surface area contributed by atoms with E-state index in [0.29, 0.717) is 6.54 Å². The van der Waals surface area contributed by atoms with E-state index in [2.05, 4.69) is 16.8 Å². The highest BCUT2D eigenvalue weighted by molar-refractivity contribution is 7.93. The molecule has 0 unspecified atom stereocenters. The van der Waals surface area contributed by atoms with Gasteiger partial charge in [-0.1, -0.05) is 18.7 Å². The molecular formula is C11H16N2O3S. The molecule has 0 fully saturated rings. The van der Waals surface area contributed by atoms with Crippen LogP contribution in [0.1, 0.15) is 12.5 Å². The zero-order valence-corrected chi connectivity index (χ0v) is 10.7. The Labute approximate surface area is 102 Å². The van der Waals surface area contributed by atoms with Crippen LogP contribution in [0.25, 0.3) is 0 Å². The van der Waals surface area contributed by atoms with Crippen molar-refractivity contribution >= 4 is 10.0 Å². The standard InChI is InChI=1S/C11H16N2O3S/c1-9(2)17(14,15)13-12-8-10-4-6-11(16-3)7-5-10/h4-7,12-13H,1,8H2,2-3H3. The maximum Gasteiger partial charge on any atom is 0.248 e. The zero-order chi connectivity index (χ0) is 12.9. The summed E-state index contributed by atoms with van der Waals surface area (Å²) in [6, 6.07) is 7.32. The van der Waals surface area contributed by atoms with Crippen molar-refractivity contribution in [1.29, 1.82) is 0 Å². The Morgan fingerprint density at radius 3 is 2.41 bits per heavy atom. The van der Waals surface area contributed by atoms with E-state index in [4.69, 9.17) is 4.74 Å². The largest absolute Gasteiger partial charge is 0.497 e. The third kappa shape index (κ3) is 4.18. The molecule has 1 aromatic rings. The summed E-state index contributed by atoms with van der Waals surface area (Å²) in [6.45, 7) is 5.18. The molecule has 0 atom stereocenters. The summed E-state index contributed by atoms with van der Waals surface area (Å²) >= 11 is 0. The van der Waals surface area contributed by atoms with Crippen molar-refractivity contribution < 1.29 is 13.2 Å². The van der Waals surface area contributed by atoms with Gasteiger partial charge in [0.2, 0.25) is 10.0 Å². The van der Waals surface area contributed by atoms with Gasteiger partial charge in [0.15, 0.2) is 0 Å². The Hall–Kier alpha value is -1.37. The van der Waals surface area contributed by atoms with Crippen LogP contribution in [0.2, 0.25) is 0 Å². The molecule has 0 spiro atoms. The van der Waals surface area contributed by atoms with Crippen LogP contribution in [0.15, 0.2) is 35.7 Å². The number of sulfonamides is 1. The van der Waals surface area contributed by atoms with Gasteiger partial charge in [0.05, 0.1) is 12.0 Å². The van der Waals surface area contributed by atoms with E-state index in [1.54, 1.807) is 7.11 Å². The fourth-order valence-corrected chi connectivity index (χ4v) is 1.50. The van der Waals surface area contributed by atoms with Crippen molar-refractivity contribution in [2.24, 2.45) is 0 Å². The number of nitrogens with one attached hydrogen (secondary N) is 2. The van der Waals surface area contributed by atoms with Gasteiger partial charge >= 0.3 is 0 Å². The third-order valence-corrected chi connectivity index (χ3v) is 3.45. The Kier molecular flexibility index (Phi) is 4.68. The van der Waals surface area contributed by atoms with Crippen LogP contribution in [-0.4, -0.2) is 15.5 Å². The topological polar surface area (TPSA) is 67.4 Å². The van der Waals surface area contributed by atoms with E-state index in [1.165, 1.54) is 6.92 Å². The minimum absolute atomic E-state index is 0.0692. The minimum Gasteiger partial charge on any atom is -0.497 e. The predicted molar refractivity (Wildman–Crippen MR) is 66.7 cm³/mol. The molecule has 0 aliphatic carbocycles. The van der Waals surface area contributed by atoms with Gasteiger partial charge in [-0.3, -0.25) is 0 Å². The molecule has 1 aromatic carbocycles. The Morgan fingerprint density at radius 2 is 1.94 bits per heavy atom. The number of hydrazine groups is 1. The lowest BCUT2D eigenvalue weighted by Crippen LogP contribution is -2.36. The van der Waals surface area contributed by atoms with E-state index in [-0.39, 0.29) is 4.91 Å². The fraction of sp³-hybridized carbons (Fsp3) is 0.273. The molecule has 0 aromatic heterocycles. The van der Waals surface area contributed by atoms with Crippen molar-refractivity contribution in [2.45, 2.75) is 13.5 Å². The molecular weight excluding hydrogens is 240 g/mol. The molecule has 0 radical (unpaired) electrons. The number of benzene rings is 1. The summed E-state index contributed by atoms with van der Waals surface area (Å²) in [6.07, 6.45) is 0. The van der Waals surface area contributed by atoms with Crippen molar-refractivity contribution in [1.82, 2.24) is 10.3 Å². The SMILES string of the molecule is C=C(C)S(=O)(=O)NNCc1ccc(OC)cc1. The summed E-state index contributed by atoms with van der Waals surface area (Å²) in [5, 5.41) is 0. The van der Waals surface area contributed by atoms with E-state index >= 15 is 0 Å². The Morgan fingerprint density at radius 1 is 1.35 bits per heavy atom. The van der Waals surface area contributed by atoms with Gasteiger partial charge < -0.3 is 4.74 Å². The molecule has 0 amide bonds. The summed E-state index contributed by atoms with van der Waals surface area (Å²) < 4.78 is 27.7. The fourth-order valence-electron chi connectivity index (χ4n) is 1.06. The average Bonchev–Trinajstić information content (AvgIpc) is 2.29.